The molecule has 2 fully saturated rings. The van der Waals surface area contributed by atoms with Gasteiger partial charge in [-0.15, -0.1) is 0 Å². The van der Waals surface area contributed by atoms with Crippen LogP contribution in [0.2, 0.25) is 0 Å². The highest BCUT2D eigenvalue weighted by Gasteiger charge is 2.25. The van der Waals surface area contributed by atoms with E-state index in [1.807, 2.05) is 0 Å². The van der Waals surface area contributed by atoms with Gasteiger partial charge in [0, 0.05) is 19.1 Å². The second-order valence-corrected chi connectivity index (χ2v) is 5.38. The molecule has 0 radical (unpaired) electrons. The number of nitrogens with zero attached hydrogens (tertiary/aromatic N) is 1. The lowest BCUT2D eigenvalue weighted by Gasteiger charge is -2.37. The summed E-state index contributed by atoms with van der Waals surface area (Å²) in [7, 11) is 0. The van der Waals surface area contributed by atoms with E-state index in [1.54, 1.807) is 0 Å². The first-order chi connectivity index (χ1) is 7.75. The van der Waals surface area contributed by atoms with Gasteiger partial charge in [0.05, 0.1) is 6.10 Å². The van der Waals surface area contributed by atoms with Crippen LogP contribution in [-0.2, 0) is 0 Å². The van der Waals surface area contributed by atoms with Crippen LogP contribution in [0.4, 0.5) is 4.39 Å². The Hall–Kier alpha value is -0.150. The molecule has 2 rings (SSSR count). The molecule has 0 unspecified atom stereocenters. The summed E-state index contributed by atoms with van der Waals surface area (Å²) >= 11 is 0. The number of likely N-dealkylation sites (tertiary alicyclic amines) is 1. The predicted molar refractivity (Wildman–Crippen MR) is 63.2 cm³/mol. The Balaban J connectivity index is 1.79. The Morgan fingerprint density at radius 1 is 0.875 bits per heavy atom. The van der Waals surface area contributed by atoms with Crippen molar-refractivity contribution in [2.45, 2.75) is 69.7 Å². The van der Waals surface area contributed by atoms with Crippen molar-refractivity contribution in [3.63, 3.8) is 0 Å². The number of aliphatic hydroxyl groups is 1. The maximum Gasteiger partial charge on any atom is 0.100 e. The molecule has 0 aromatic heterocycles. The molecule has 1 aliphatic carbocycles. The first-order valence-corrected chi connectivity index (χ1v) is 6.82. The van der Waals surface area contributed by atoms with Gasteiger partial charge in [-0.3, -0.25) is 0 Å². The summed E-state index contributed by atoms with van der Waals surface area (Å²) in [5, 5.41) is 9.48. The standard InChI is InChI=1S/C13H24FNO/c14-11-3-1-5-12(6-2-4-11)15-9-7-13(16)8-10-15/h11-13,16H,1-10H2. The highest BCUT2D eigenvalue weighted by Crippen LogP contribution is 2.25. The number of hydrogen-bond acceptors (Lipinski definition) is 2. The van der Waals surface area contributed by atoms with Gasteiger partial charge in [0.2, 0.25) is 0 Å². The number of halogens is 1. The molecule has 0 spiro atoms. The first kappa shape index (κ1) is 12.3. The molecule has 1 aliphatic heterocycles. The Bertz CT molecular complexity index is 194. The lowest BCUT2D eigenvalue weighted by Crippen LogP contribution is -2.43. The van der Waals surface area contributed by atoms with Gasteiger partial charge in [0.15, 0.2) is 0 Å². The molecule has 1 saturated heterocycles. The van der Waals surface area contributed by atoms with E-state index in [1.165, 1.54) is 0 Å². The topological polar surface area (TPSA) is 23.5 Å². The summed E-state index contributed by atoms with van der Waals surface area (Å²) in [5.41, 5.74) is 0. The lowest BCUT2D eigenvalue weighted by atomic mass is 9.93. The van der Waals surface area contributed by atoms with E-state index in [2.05, 4.69) is 4.90 Å². The third kappa shape index (κ3) is 3.42. The Labute approximate surface area is 97.8 Å². The Kier molecular flexibility index (Phi) is 4.59. The Morgan fingerprint density at radius 3 is 2.00 bits per heavy atom. The third-order valence-electron chi connectivity index (χ3n) is 4.12. The first-order valence-electron chi connectivity index (χ1n) is 6.82. The molecule has 0 aromatic rings. The van der Waals surface area contributed by atoms with Crippen LogP contribution >= 0.6 is 0 Å². The van der Waals surface area contributed by atoms with E-state index in [-0.39, 0.29) is 6.10 Å². The van der Waals surface area contributed by atoms with Crippen LogP contribution in [0.1, 0.15) is 51.4 Å². The summed E-state index contributed by atoms with van der Waals surface area (Å²) < 4.78 is 13.2. The average molecular weight is 229 g/mol. The Morgan fingerprint density at radius 2 is 1.44 bits per heavy atom. The van der Waals surface area contributed by atoms with Crippen molar-refractivity contribution in [2.75, 3.05) is 13.1 Å². The highest BCUT2D eigenvalue weighted by atomic mass is 19.1. The number of alkyl halides is 1. The second-order valence-electron chi connectivity index (χ2n) is 5.38. The van der Waals surface area contributed by atoms with Crippen LogP contribution in [0.5, 0.6) is 0 Å². The van der Waals surface area contributed by atoms with Crippen LogP contribution < -0.4 is 0 Å². The van der Waals surface area contributed by atoms with Crippen molar-refractivity contribution in [3.8, 4) is 0 Å². The average Bonchev–Trinajstić information content (AvgIpc) is 2.25. The highest BCUT2D eigenvalue weighted by molar-refractivity contribution is 4.80. The zero-order valence-corrected chi connectivity index (χ0v) is 10.1. The molecule has 2 aliphatic rings. The van der Waals surface area contributed by atoms with Crippen LogP contribution in [0.15, 0.2) is 0 Å². The van der Waals surface area contributed by atoms with Crippen LogP contribution in [-0.4, -0.2) is 41.4 Å². The molecular weight excluding hydrogens is 205 g/mol. The maximum atomic E-state index is 13.2. The second kappa shape index (κ2) is 5.97. The van der Waals surface area contributed by atoms with E-state index in [0.29, 0.717) is 6.04 Å². The zero-order chi connectivity index (χ0) is 11.4. The third-order valence-corrected chi connectivity index (χ3v) is 4.12. The van der Waals surface area contributed by atoms with Gasteiger partial charge in [-0.05, 0) is 51.4 Å². The fraction of sp³-hybridized carbons (Fsp3) is 1.00. The van der Waals surface area contributed by atoms with Gasteiger partial charge >= 0.3 is 0 Å². The van der Waals surface area contributed by atoms with Crippen LogP contribution in [0, 0.1) is 0 Å². The minimum Gasteiger partial charge on any atom is -0.393 e. The summed E-state index contributed by atoms with van der Waals surface area (Å²) in [6.07, 6.45) is 7.08. The molecule has 0 atom stereocenters. The van der Waals surface area contributed by atoms with E-state index in [4.69, 9.17) is 0 Å². The largest absolute Gasteiger partial charge is 0.393 e. The monoisotopic (exact) mass is 229 g/mol. The molecule has 0 bridgehead atoms. The molecule has 94 valence electrons. The normalized spacial score (nSPS) is 35.6. The van der Waals surface area contributed by atoms with Crippen molar-refractivity contribution in [1.29, 1.82) is 0 Å². The molecule has 3 heteroatoms. The van der Waals surface area contributed by atoms with Gasteiger partial charge in [0.1, 0.15) is 6.17 Å². The SMILES string of the molecule is OC1CCN(C2CCCC(F)CCC2)CC1. The molecule has 1 N–H and O–H groups in total. The summed E-state index contributed by atoms with van der Waals surface area (Å²) in [4.78, 5) is 2.52. The fourth-order valence-corrected chi connectivity index (χ4v) is 3.05. The zero-order valence-electron chi connectivity index (χ0n) is 10.1. The van der Waals surface area contributed by atoms with Crippen molar-refractivity contribution < 1.29 is 9.50 Å². The molecular formula is C13H24FNO. The summed E-state index contributed by atoms with van der Waals surface area (Å²) in [5.74, 6) is 0. The molecule has 0 aromatic carbocycles. The van der Waals surface area contributed by atoms with E-state index in [9.17, 15) is 9.50 Å². The minimum atomic E-state index is -0.552. The van der Waals surface area contributed by atoms with Crippen LogP contribution in [0.3, 0.4) is 0 Å². The molecule has 2 nitrogen and oxygen atoms in total. The van der Waals surface area contributed by atoms with Crippen molar-refractivity contribution in [2.24, 2.45) is 0 Å². The van der Waals surface area contributed by atoms with Gasteiger partial charge in [-0.2, -0.15) is 0 Å². The van der Waals surface area contributed by atoms with Gasteiger partial charge in [0.25, 0.3) is 0 Å². The van der Waals surface area contributed by atoms with Crippen molar-refractivity contribution in [1.82, 2.24) is 4.90 Å². The van der Waals surface area contributed by atoms with Gasteiger partial charge < -0.3 is 10.0 Å². The van der Waals surface area contributed by atoms with Crippen molar-refractivity contribution >= 4 is 0 Å². The fourth-order valence-electron chi connectivity index (χ4n) is 3.05. The number of aliphatic hydroxyl groups excluding tert-OH is 1. The molecule has 16 heavy (non-hydrogen) atoms. The predicted octanol–water partition coefficient (Wildman–Crippen LogP) is 2.50. The smallest absolute Gasteiger partial charge is 0.100 e. The van der Waals surface area contributed by atoms with Gasteiger partial charge in [-0.1, -0.05) is 0 Å². The number of rotatable bonds is 1. The van der Waals surface area contributed by atoms with E-state index >= 15 is 0 Å². The minimum absolute atomic E-state index is 0.0833. The number of hydrogen-bond donors (Lipinski definition) is 1. The molecule has 0 amide bonds. The molecule has 1 heterocycles. The van der Waals surface area contributed by atoms with E-state index in [0.717, 1.165) is 64.5 Å². The van der Waals surface area contributed by atoms with Crippen molar-refractivity contribution in [3.05, 3.63) is 0 Å². The quantitative estimate of drug-likeness (QED) is 0.747. The van der Waals surface area contributed by atoms with E-state index < -0.39 is 6.17 Å². The number of piperidine rings is 1. The van der Waals surface area contributed by atoms with Gasteiger partial charge in [-0.25, -0.2) is 4.39 Å². The molecule has 1 saturated carbocycles. The van der Waals surface area contributed by atoms with Crippen LogP contribution in [0.25, 0.3) is 0 Å². The summed E-state index contributed by atoms with van der Waals surface area (Å²) in [6.45, 7) is 2.07. The lowest BCUT2D eigenvalue weighted by molar-refractivity contribution is 0.0513. The maximum absolute atomic E-state index is 13.2. The summed E-state index contributed by atoms with van der Waals surface area (Å²) in [6, 6.07) is 0.653.